The molecule has 0 aromatic heterocycles. The Morgan fingerprint density at radius 2 is 2.31 bits per heavy atom. The van der Waals surface area contributed by atoms with Gasteiger partial charge in [0.1, 0.15) is 0 Å². The van der Waals surface area contributed by atoms with Crippen molar-refractivity contribution in [3.63, 3.8) is 0 Å². The molecule has 3 N–H and O–H groups in total. The maximum absolute atomic E-state index is 10.9. The summed E-state index contributed by atoms with van der Waals surface area (Å²) in [5, 5.41) is 8.94. The van der Waals surface area contributed by atoms with Gasteiger partial charge in [-0.2, -0.15) is 0 Å². The molecule has 1 amide bonds. The molecule has 1 heterocycles. The number of amides is 1. The molecular weight excluding hydrogens is 168 g/mol. The Morgan fingerprint density at radius 1 is 1.54 bits per heavy atom. The van der Waals surface area contributed by atoms with E-state index >= 15 is 0 Å². The van der Waals surface area contributed by atoms with Gasteiger partial charge in [0, 0.05) is 13.1 Å². The second kappa shape index (κ2) is 3.18. The molecule has 0 spiro atoms. The highest BCUT2D eigenvalue weighted by molar-refractivity contribution is 5.66. The minimum Gasteiger partial charge on any atom is -0.465 e. The number of nitrogens with two attached hydrogens (primary N) is 1. The molecule has 74 valence electrons. The molecule has 0 aromatic rings. The molecule has 3 unspecified atom stereocenters. The fourth-order valence-electron chi connectivity index (χ4n) is 2.94. The third-order valence-corrected chi connectivity index (χ3v) is 3.53. The van der Waals surface area contributed by atoms with Crippen LogP contribution in [0.25, 0.3) is 0 Å². The maximum atomic E-state index is 10.9. The van der Waals surface area contributed by atoms with Gasteiger partial charge in [0.25, 0.3) is 0 Å². The van der Waals surface area contributed by atoms with E-state index in [-0.39, 0.29) is 6.04 Å². The Labute approximate surface area is 77.7 Å². The molecule has 1 saturated heterocycles. The maximum Gasteiger partial charge on any atom is 0.407 e. The van der Waals surface area contributed by atoms with E-state index in [1.54, 1.807) is 0 Å². The van der Waals surface area contributed by atoms with Crippen molar-refractivity contribution in [2.24, 2.45) is 17.6 Å². The van der Waals surface area contributed by atoms with Crippen molar-refractivity contribution in [2.45, 2.75) is 25.3 Å². The summed E-state index contributed by atoms with van der Waals surface area (Å²) in [6, 6.07) is 0.0880. The van der Waals surface area contributed by atoms with E-state index < -0.39 is 6.09 Å². The Bertz CT molecular complexity index is 220. The van der Waals surface area contributed by atoms with E-state index in [9.17, 15) is 4.79 Å². The number of rotatable bonds is 1. The van der Waals surface area contributed by atoms with Crippen LogP contribution in [0.1, 0.15) is 19.3 Å². The van der Waals surface area contributed by atoms with Crippen molar-refractivity contribution in [1.82, 2.24) is 4.90 Å². The summed E-state index contributed by atoms with van der Waals surface area (Å²) in [4.78, 5) is 12.4. The standard InChI is InChI=1S/C9H16N2O2/c10-4-8-7-3-1-2-6(7)5-11(8)9(12)13/h6-8H,1-5,10H2,(H,12,13). The molecule has 0 aromatic carbocycles. The van der Waals surface area contributed by atoms with Crippen LogP contribution in [0.3, 0.4) is 0 Å². The van der Waals surface area contributed by atoms with Gasteiger partial charge < -0.3 is 15.7 Å². The molecule has 2 fully saturated rings. The van der Waals surface area contributed by atoms with E-state index in [4.69, 9.17) is 10.8 Å². The highest BCUT2D eigenvalue weighted by Gasteiger charge is 2.45. The number of nitrogens with zero attached hydrogens (tertiary/aromatic N) is 1. The lowest BCUT2D eigenvalue weighted by atomic mass is 9.94. The molecule has 4 nitrogen and oxygen atoms in total. The highest BCUT2D eigenvalue weighted by Crippen LogP contribution is 2.41. The van der Waals surface area contributed by atoms with Crippen LogP contribution in [-0.2, 0) is 0 Å². The van der Waals surface area contributed by atoms with Gasteiger partial charge in [-0.15, -0.1) is 0 Å². The molecule has 2 aliphatic rings. The van der Waals surface area contributed by atoms with Gasteiger partial charge in [-0.05, 0) is 24.7 Å². The second-order valence-electron chi connectivity index (χ2n) is 4.09. The van der Waals surface area contributed by atoms with Crippen LogP contribution in [-0.4, -0.2) is 35.2 Å². The zero-order valence-corrected chi connectivity index (χ0v) is 7.65. The van der Waals surface area contributed by atoms with Gasteiger partial charge >= 0.3 is 6.09 Å². The first kappa shape index (κ1) is 8.81. The van der Waals surface area contributed by atoms with Gasteiger partial charge in [0.15, 0.2) is 0 Å². The summed E-state index contributed by atoms with van der Waals surface area (Å²) in [6.07, 6.45) is 2.80. The predicted molar refractivity (Wildman–Crippen MR) is 48.4 cm³/mol. The Morgan fingerprint density at radius 3 is 2.92 bits per heavy atom. The van der Waals surface area contributed by atoms with Crippen LogP contribution in [0.2, 0.25) is 0 Å². The smallest absolute Gasteiger partial charge is 0.407 e. The first-order valence-electron chi connectivity index (χ1n) is 4.93. The third-order valence-electron chi connectivity index (χ3n) is 3.53. The van der Waals surface area contributed by atoms with Crippen LogP contribution >= 0.6 is 0 Å². The molecule has 1 saturated carbocycles. The number of hydrogen-bond acceptors (Lipinski definition) is 2. The molecule has 1 aliphatic carbocycles. The summed E-state index contributed by atoms with van der Waals surface area (Å²) < 4.78 is 0. The van der Waals surface area contributed by atoms with Crippen LogP contribution < -0.4 is 5.73 Å². The predicted octanol–water partition coefficient (Wildman–Crippen LogP) is 0.724. The number of likely N-dealkylation sites (tertiary alicyclic amines) is 1. The van der Waals surface area contributed by atoms with E-state index in [0.717, 1.165) is 6.42 Å². The minimum atomic E-state index is -0.801. The van der Waals surface area contributed by atoms with Gasteiger partial charge in [-0.3, -0.25) is 0 Å². The van der Waals surface area contributed by atoms with Crippen molar-refractivity contribution in [2.75, 3.05) is 13.1 Å². The van der Waals surface area contributed by atoms with Crippen LogP contribution in [0, 0.1) is 11.8 Å². The number of fused-ring (bicyclic) bond motifs is 1. The molecule has 4 heteroatoms. The molecule has 1 aliphatic heterocycles. The van der Waals surface area contributed by atoms with Crippen LogP contribution in [0.15, 0.2) is 0 Å². The molecule has 2 rings (SSSR count). The zero-order chi connectivity index (χ0) is 9.42. The summed E-state index contributed by atoms with van der Waals surface area (Å²) in [6.45, 7) is 1.19. The van der Waals surface area contributed by atoms with Crippen molar-refractivity contribution >= 4 is 6.09 Å². The quantitative estimate of drug-likeness (QED) is 0.631. The average molecular weight is 184 g/mol. The Kier molecular flexibility index (Phi) is 2.15. The van der Waals surface area contributed by atoms with E-state index in [0.29, 0.717) is 24.9 Å². The zero-order valence-electron chi connectivity index (χ0n) is 7.65. The molecule has 3 atom stereocenters. The highest BCUT2D eigenvalue weighted by atomic mass is 16.4. The van der Waals surface area contributed by atoms with E-state index in [1.807, 2.05) is 0 Å². The van der Waals surface area contributed by atoms with Crippen LogP contribution in [0.5, 0.6) is 0 Å². The summed E-state index contributed by atoms with van der Waals surface area (Å²) in [5.41, 5.74) is 5.61. The van der Waals surface area contributed by atoms with Gasteiger partial charge in [-0.1, -0.05) is 6.42 Å². The normalized spacial score (nSPS) is 37.9. The number of carboxylic acid groups (broad SMARTS) is 1. The largest absolute Gasteiger partial charge is 0.465 e. The number of hydrogen-bond donors (Lipinski definition) is 2. The lowest BCUT2D eigenvalue weighted by molar-refractivity contribution is 0.134. The summed E-state index contributed by atoms with van der Waals surface area (Å²) in [5.74, 6) is 1.13. The molecule has 13 heavy (non-hydrogen) atoms. The van der Waals surface area contributed by atoms with Gasteiger partial charge in [0.2, 0.25) is 0 Å². The van der Waals surface area contributed by atoms with Crippen LogP contribution in [0.4, 0.5) is 4.79 Å². The van der Waals surface area contributed by atoms with Crippen molar-refractivity contribution in [3.05, 3.63) is 0 Å². The molecular formula is C9H16N2O2. The fraction of sp³-hybridized carbons (Fsp3) is 0.889. The average Bonchev–Trinajstić information content (AvgIpc) is 2.60. The Hall–Kier alpha value is -0.770. The summed E-state index contributed by atoms with van der Waals surface area (Å²) >= 11 is 0. The topological polar surface area (TPSA) is 66.6 Å². The second-order valence-corrected chi connectivity index (χ2v) is 4.09. The van der Waals surface area contributed by atoms with Gasteiger partial charge in [-0.25, -0.2) is 4.79 Å². The fourth-order valence-corrected chi connectivity index (χ4v) is 2.94. The lowest BCUT2D eigenvalue weighted by Crippen LogP contribution is -2.41. The van der Waals surface area contributed by atoms with Crippen molar-refractivity contribution in [1.29, 1.82) is 0 Å². The SMILES string of the molecule is NCC1C2CCCC2CN1C(=O)O. The van der Waals surface area contributed by atoms with Gasteiger partial charge in [0.05, 0.1) is 6.04 Å². The Balaban J connectivity index is 2.12. The minimum absolute atomic E-state index is 0.0880. The van der Waals surface area contributed by atoms with Crippen molar-refractivity contribution < 1.29 is 9.90 Å². The lowest BCUT2D eigenvalue weighted by Gasteiger charge is -2.23. The monoisotopic (exact) mass is 184 g/mol. The number of carbonyl (C=O) groups is 1. The van der Waals surface area contributed by atoms with Crippen molar-refractivity contribution in [3.8, 4) is 0 Å². The summed E-state index contributed by atoms with van der Waals surface area (Å²) in [7, 11) is 0. The first-order valence-corrected chi connectivity index (χ1v) is 4.93. The van der Waals surface area contributed by atoms with E-state index in [2.05, 4.69) is 0 Å². The first-order chi connectivity index (χ1) is 6.24. The third kappa shape index (κ3) is 1.29. The molecule has 0 bridgehead atoms. The van der Waals surface area contributed by atoms with E-state index in [1.165, 1.54) is 17.7 Å². The molecule has 0 radical (unpaired) electrons.